The molecule has 0 radical (unpaired) electrons. The molecule has 1 heterocycles. The van der Waals surface area contributed by atoms with E-state index >= 15 is 0 Å². The highest BCUT2D eigenvalue weighted by molar-refractivity contribution is 6.17. The SMILES string of the molecule is CC1(C)CCN(c2ccc(CCl)cc2[N+](=O)[O-])CC1. The standard InChI is InChI=1S/C14H19ClN2O2/c1-14(2)5-7-16(8-6-14)12-4-3-11(10-15)9-13(12)17(18)19/h3-4,9H,5-8,10H2,1-2H3. The van der Waals surface area contributed by atoms with Crippen LogP contribution >= 0.6 is 11.6 Å². The molecule has 0 aromatic heterocycles. The normalized spacial score (nSPS) is 18.4. The number of nitrogens with zero attached hydrogens (tertiary/aromatic N) is 2. The number of hydrogen-bond acceptors (Lipinski definition) is 3. The van der Waals surface area contributed by atoms with Gasteiger partial charge >= 0.3 is 0 Å². The van der Waals surface area contributed by atoms with E-state index in [0.29, 0.717) is 11.3 Å². The van der Waals surface area contributed by atoms with E-state index in [1.54, 1.807) is 6.07 Å². The van der Waals surface area contributed by atoms with Crippen LogP contribution in [0.5, 0.6) is 0 Å². The van der Waals surface area contributed by atoms with E-state index < -0.39 is 0 Å². The first-order valence-electron chi connectivity index (χ1n) is 6.51. The van der Waals surface area contributed by atoms with Crippen molar-refractivity contribution in [2.75, 3.05) is 18.0 Å². The van der Waals surface area contributed by atoms with Gasteiger partial charge in [-0.3, -0.25) is 10.1 Å². The molecule has 1 aliphatic rings. The molecule has 0 N–H and O–H groups in total. The van der Waals surface area contributed by atoms with Crippen molar-refractivity contribution in [3.63, 3.8) is 0 Å². The van der Waals surface area contributed by atoms with E-state index in [1.165, 1.54) is 0 Å². The molecular formula is C14H19ClN2O2. The second-order valence-corrected chi connectivity index (χ2v) is 6.13. The van der Waals surface area contributed by atoms with Crippen molar-refractivity contribution in [1.29, 1.82) is 0 Å². The Kier molecular flexibility index (Phi) is 3.99. The molecule has 0 amide bonds. The predicted octanol–water partition coefficient (Wildman–Crippen LogP) is 3.96. The summed E-state index contributed by atoms with van der Waals surface area (Å²) in [5, 5.41) is 11.2. The van der Waals surface area contributed by atoms with Gasteiger partial charge in [-0.25, -0.2) is 0 Å². The Morgan fingerprint density at radius 3 is 2.53 bits per heavy atom. The third kappa shape index (κ3) is 3.18. The topological polar surface area (TPSA) is 46.4 Å². The fourth-order valence-corrected chi connectivity index (χ4v) is 2.58. The lowest BCUT2D eigenvalue weighted by molar-refractivity contribution is -0.384. The Hall–Kier alpha value is -1.29. The highest BCUT2D eigenvalue weighted by Gasteiger charge is 2.28. The van der Waals surface area contributed by atoms with E-state index in [1.807, 2.05) is 12.1 Å². The summed E-state index contributed by atoms with van der Waals surface area (Å²) in [6.45, 7) is 6.23. The number of nitro benzene ring substituents is 1. The van der Waals surface area contributed by atoms with Gasteiger partial charge in [0.2, 0.25) is 0 Å². The first-order valence-corrected chi connectivity index (χ1v) is 7.05. The molecular weight excluding hydrogens is 264 g/mol. The number of alkyl halides is 1. The molecule has 0 atom stereocenters. The molecule has 2 rings (SSSR count). The van der Waals surface area contributed by atoms with Gasteiger partial charge in [-0.1, -0.05) is 19.9 Å². The zero-order valence-corrected chi connectivity index (χ0v) is 12.1. The fourth-order valence-electron chi connectivity index (χ4n) is 2.42. The summed E-state index contributed by atoms with van der Waals surface area (Å²) in [6, 6.07) is 5.28. The number of rotatable bonds is 3. The molecule has 0 spiro atoms. The molecule has 104 valence electrons. The van der Waals surface area contributed by atoms with Gasteiger partial charge in [0.15, 0.2) is 0 Å². The van der Waals surface area contributed by atoms with Crippen LogP contribution in [0.1, 0.15) is 32.3 Å². The van der Waals surface area contributed by atoms with Crippen LogP contribution in [0.3, 0.4) is 0 Å². The van der Waals surface area contributed by atoms with Crippen molar-refractivity contribution in [1.82, 2.24) is 0 Å². The predicted molar refractivity (Wildman–Crippen MR) is 77.9 cm³/mol. The van der Waals surface area contributed by atoms with Gasteiger partial charge in [0.25, 0.3) is 5.69 Å². The van der Waals surface area contributed by atoms with Gasteiger partial charge in [-0.15, -0.1) is 11.6 Å². The zero-order valence-electron chi connectivity index (χ0n) is 11.4. The van der Waals surface area contributed by atoms with Crippen molar-refractivity contribution in [3.8, 4) is 0 Å². The minimum atomic E-state index is -0.314. The maximum absolute atomic E-state index is 11.2. The largest absolute Gasteiger partial charge is 0.366 e. The molecule has 1 aromatic rings. The van der Waals surface area contributed by atoms with E-state index in [-0.39, 0.29) is 10.6 Å². The van der Waals surface area contributed by atoms with Gasteiger partial charge in [-0.2, -0.15) is 0 Å². The van der Waals surface area contributed by atoms with Gasteiger partial charge in [0.1, 0.15) is 5.69 Å². The third-order valence-corrected chi connectivity index (χ3v) is 4.16. The molecule has 1 aliphatic heterocycles. The van der Waals surface area contributed by atoms with Crippen LogP contribution in [-0.4, -0.2) is 18.0 Å². The zero-order chi connectivity index (χ0) is 14.0. The lowest BCUT2D eigenvalue weighted by Crippen LogP contribution is -2.37. The summed E-state index contributed by atoms with van der Waals surface area (Å²) in [7, 11) is 0. The highest BCUT2D eigenvalue weighted by atomic mass is 35.5. The van der Waals surface area contributed by atoms with Gasteiger partial charge in [-0.05, 0) is 29.9 Å². The molecule has 4 nitrogen and oxygen atoms in total. The van der Waals surface area contributed by atoms with Crippen LogP contribution in [-0.2, 0) is 5.88 Å². The van der Waals surface area contributed by atoms with Crippen molar-refractivity contribution in [2.24, 2.45) is 5.41 Å². The number of nitro groups is 1. The van der Waals surface area contributed by atoms with E-state index in [2.05, 4.69) is 18.7 Å². The van der Waals surface area contributed by atoms with Gasteiger partial charge < -0.3 is 4.90 Å². The summed E-state index contributed by atoms with van der Waals surface area (Å²) in [4.78, 5) is 13.0. The van der Waals surface area contributed by atoms with E-state index in [4.69, 9.17) is 11.6 Å². The Morgan fingerprint density at radius 1 is 1.37 bits per heavy atom. The number of halogens is 1. The molecule has 0 bridgehead atoms. The number of anilines is 1. The Morgan fingerprint density at radius 2 is 2.00 bits per heavy atom. The molecule has 0 unspecified atom stereocenters. The van der Waals surface area contributed by atoms with Crippen LogP contribution in [0.4, 0.5) is 11.4 Å². The minimum absolute atomic E-state index is 0.165. The molecule has 1 saturated heterocycles. The van der Waals surface area contributed by atoms with Gasteiger partial charge in [0.05, 0.1) is 4.92 Å². The maximum atomic E-state index is 11.2. The second-order valence-electron chi connectivity index (χ2n) is 5.87. The number of benzene rings is 1. The Labute approximate surface area is 118 Å². The third-order valence-electron chi connectivity index (χ3n) is 3.85. The van der Waals surface area contributed by atoms with E-state index in [9.17, 15) is 10.1 Å². The average Bonchev–Trinajstić information content (AvgIpc) is 2.38. The highest BCUT2D eigenvalue weighted by Crippen LogP contribution is 2.36. The number of hydrogen-bond donors (Lipinski definition) is 0. The monoisotopic (exact) mass is 282 g/mol. The maximum Gasteiger partial charge on any atom is 0.292 e. The van der Waals surface area contributed by atoms with Crippen LogP contribution in [0.2, 0.25) is 0 Å². The van der Waals surface area contributed by atoms with Crippen molar-refractivity contribution in [3.05, 3.63) is 33.9 Å². The van der Waals surface area contributed by atoms with Gasteiger partial charge in [0, 0.05) is 25.0 Å². The fraction of sp³-hybridized carbons (Fsp3) is 0.571. The number of piperidine rings is 1. The molecule has 1 fully saturated rings. The van der Waals surface area contributed by atoms with E-state index in [0.717, 1.165) is 37.2 Å². The minimum Gasteiger partial charge on any atom is -0.366 e. The summed E-state index contributed by atoms with van der Waals surface area (Å²) < 4.78 is 0. The van der Waals surface area contributed by atoms with Crippen LogP contribution in [0.15, 0.2) is 18.2 Å². The average molecular weight is 283 g/mol. The lowest BCUT2D eigenvalue weighted by atomic mass is 9.82. The smallest absolute Gasteiger partial charge is 0.292 e. The Bertz CT molecular complexity index is 478. The second kappa shape index (κ2) is 5.37. The first kappa shape index (κ1) is 14.1. The molecule has 0 aliphatic carbocycles. The molecule has 19 heavy (non-hydrogen) atoms. The van der Waals surface area contributed by atoms with Crippen molar-refractivity contribution in [2.45, 2.75) is 32.6 Å². The molecule has 5 heteroatoms. The van der Waals surface area contributed by atoms with Crippen LogP contribution in [0.25, 0.3) is 0 Å². The molecule has 1 aromatic carbocycles. The van der Waals surface area contributed by atoms with Crippen molar-refractivity contribution >= 4 is 23.0 Å². The Balaban J connectivity index is 2.27. The lowest BCUT2D eigenvalue weighted by Gasteiger charge is -2.37. The summed E-state index contributed by atoms with van der Waals surface area (Å²) in [5.41, 5.74) is 2.00. The van der Waals surface area contributed by atoms with Crippen molar-refractivity contribution < 1.29 is 4.92 Å². The van der Waals surface area contributed by atoms with Crippen LogP contribution in [0, 0.1) is 15.5 Å². The summed E-state index contributed by atoms with van der Waals surface area (Å²) >= 11 is 5.74. The molecule has 0 saturated carbocycles. The van der Waals surface area contributed by atoms with Crippen LogP contribution < -0.4 is 4.90 Å². The summed E-state index contributed by atoms with van der Waals surface area (Å²) in [6.07, 6.45) is 2.11. The first-order chi connectivity index (χ1) is 8.93. The quantitative estimate of drug-likeness (QED) is 0.479. The summed E-state index contributed by atoms with van der Waals surface area (Å²) in [5.74, 6) is 0.300.